The van der Waals surface area contributed by atoms with Gasteiger partial charge in [0.2, 0.25) is 15.9 Å². The average Bonchev–Trinajstić information content (AvgIpc) is 2.60. The van der Waals surface area contributed by atoms with Crippen molar-refractivity contribution in [2.24, 2.45) is 5.92 Å². The molecule has 0 radical (unpaired) electrons. The van der Waals surface area contributed by atoms with Crippen molar-refractivity contribution >= 4 is 39.1 Å². The van der Waals surface area contributed by atoms with Gasteiger partial charge in [-0.15, -0.1) is 0 Å². The van der Waals surface area contributed by atoms with E-state index in [0.717, 1.165) is 4.31 Å². The molecule has 8 heteroatoms. The molecule has 2 rings (SSSR count). The number of rotatable bonds is 8. The fourth-order valence-electron chi connectivity index (χ4n) is 2.35. The first-order valence-corrected chi connectivity index (χ1v) is 10.6. The molecule has 5 nitrogen and oxygen atoms in total. The van der Waals surface area contributed by atoms with Gasteiger partial charge in [0, 0.05) is 23.1 Å². The van der Waals surface area contributed by atoms with E-state index in [-0.39, 0.29) is 29.8 Å². The first kappa shape index (κ1) is 21.7. The van der Waals surface area contributed by atoms with Crippen molar-refractivity contribution in [1.29, 1.82) is 0 Å². The summed E-state index contributed by atoms with van der Waals surface area (Å²) >= 11 is 11.9. The molecule has 0 saturated carbocycles. The number of carbonyl (C=O) groups is 1. The maximum absolute atomic E-state index is 13.1. The van der Waals surface area contributed by atoms with Crippen LogP contribution in [0.5, 0.6) is 0 Å². The van der Waals surface area contributed by atoms with Gasteiger partial charge in [-0.1, -0.05) is 49.2 Å². The van der Waals surface area contributed by atoms with Gasteiger partial charge in [0.15, 0.2) is 0 Å². The van der Waals surface area contributed by atoms with Gasteiger partial charge >= 0.3 is 0 Å². The van der Waals surface area contributed by atoms with Crippen LogP contribution in [-0.4, -0.2) is 31.7 Å². The molecule has 0 aromatic heterocycles. The van der Waals surface area contributed by atoms with Gasteiger partial charge in [-0.3, -0.25) is 4.79 Å². The lowest BCUT2D eigenvalue weighted by atomic mass is 10.2. The molecule has 0 heterocycles. The van der Waals surface area contributed by atoms with Crippen molar-refractivity contribution in [3.63, 3.8) is 0 Å². The van der Waals surface area contributed by atoms with Gasteiger partial charge in [0.05, 0.1) is 11.4 Å². The van der Waals surface area contributed by atoms with Gasteiger partial charge in [-0.05, 0) is 47.9 Å². The number of hydrogen-bond donors (Lipinski definition) is 1. The minimum Gasteiger partial charge on any atom is -0.355 e. The van der Waals surface area contributed by atoms with Crippen LogP contribution < -0.4 is 5.32 Å². The molecule has 2 aromatic rings. The Hall–Kier alpha value is -1.60. The second-order valence-corrected chi connectivity index (χ2v) is 9.37. The second kappa shape index (κ2) is 9.55. The van der Waals surface area contributed by atoms with E-state index in [1.165, 1.54) is 24.3 Å². The fourth-order valence-corrected chi connectivity index (χ4v) is 4.08. The third kappa shape index (κ3) is 6.50. The minimum atomic E-state index is -3.89. The Morgan fingerprint density at radius 1 is 1.07 bits per heavy atom. The Bertz CT molecular complexity index is 884. The molecule has 0 fully saturated rings. The molecule has 0 aliphatic heterocycles. The van der Waals surface area contributed by atoms with E-state index in [1.807, 2.05) is 13.8 Å². The Balaban J connectivity index is 2.30. The predicted molar refractivity (Wildman–Crippen MR) is 108 cm³/mol. The summed E-state index contributed by atoms with van der Waals surface area (Å²) in [7, 11) is -3.89. The molecular formula is C19H22Cl2N2O3S. The van der Waals surface area contributed by atoms with Gasteiger partial charge in [0.1, 0.15) is 0 Å². The third-order valence-corrected chi connectivity index (χ3v) is 6.02. The fraction of sp³-hybridized carbons (Fsp3) is 0.316. The summed E-state index contributed by atoms with van der Waals surface area (Å²) < 4.78 is 27.3. The van der Waals surface area contributed by atoms with Crippen LogP contribution in [0.25, 0.3) is 0 Å². The predicted octanol–water partition coefficient (Wildman–Crippen LogP) is 3.96. The highest BCUT2D eigenvalue weighted by atomic mass is 35.5. The summed E-state index contributed by atoms with van der Waals surface area (Å²) in [6.07, 6.45) is 0. The highest BCUT2D eigenvalue weighted by molar-refractivity contribution is 7.89. The minimum absolute atomic E-state index is 0.0284. The number of halogens is 2. The van der Waals surface area contributed by atoms with Crippen molar-refractivity contribution in [3.8, 4) is 0 Å². The highest BCUT2D eigenvalue weighted by Crippen LogP contribution is 2.21. The van der Waals surface area contributed by atoms with Crippen LogP contribution >= 0.6 is 23.2 Å². The van der Waals surface area contributed by atoms with Crippen molar-refractivity contribution in [2.45, 2.75) is 25.3 Å². The molecule has 0 unspecified atom stereocenters. The first-order valence-electron chi connectivity index (χ1n) is 8.45. The summed E-state index contributed by atoms with van der Waals surface area (Å²) in [5, 5.41) is 3.69. The van der Waals surface area contributed by atoms with E-state index >= 15 is 0 Å². The van der Waals surface area contributed by atoms with Crippen LogP contribution in [0.2, 0.25) is 10.0 Å². The van der Waals surface area contributed by atoms with E-state index in [2.05, 4.69) is 5.32 Å². The topological polar surface area (TPSA) is 66.5 Å². The lowest BCUT2D eigenvalue weighted by Crippen LogP contribution is -2.41. The van der Waals surface area contributed by atoms with Crippen LogP contribution in [0.15, 0.2) is 53.4 Å². The van der Waals surface area contributed by atoms with Crippen LogP contribution in [0.1, 0.15) is 19.4 Å². The maximum Gasteiger partial charge on any atom is 0.243 e. The normalized spacial score (nSPS) is 11.8. The summed E-state index contributed by atoms with van der Waals surface area (Å²) in [5.41, 5.74) is 0.691. The van der Waals surface area contributed by atoms with Gasteiger partial charge in [-0.25, -0.2) is 8.42 Å². The molecule has 0 saturated heterocycles. The molecule has 0 spiro atoms. The number of hydrogen-bond acceptors (Lipinski definition) is 3. The van der Waals surface area contributed by atoms with Crippen molar-refractivity contribution in [3.05, 3.63) is 64.1 Å². The van der Waals surface area contributed by atoms with Gasteiger partial charge in [0.25, 0.3) is 0 Å². The molecule has 146 valence electrons. The molecule has 0 aliphatic carbocycles. The monoisotopic (exact) mass is 428 g/mol. The molecule has 2 aromatic carbocycles. The molecule has 0 atom stereocenters. The van der Waals surface area contributed by atoms with Gasteiger partial charge in [-0.2, -0.15) is 4.31 Å². The summed E-state index contributed by atoms with van der Waals surface area (Å²) in [5.74, 6) is -0.0912. The van der Waals surface area contributed by atoms with E-state index in [0.29, 0.717) is 22.2 Å². The third-order valence-electron chi connectivity index (χ3n) is 3.73. The molecule has 1 amide bonds. The lowest BCUT2D eigenvalue weighted by Gasteiger charge is -2.22. The van der Waals surface area contributed by atoms with E-state index in [4.69, 9.17) is 23.2 Å². The Kier molecular flexibility index (Phi) is 7.68. The lowest BCUT2D eigenvalue weighted by molar-refractivity contribution is -0.121. The number of sulfonamides is 1. The molecule has 0 bridgehead atoms. The van der Waals surface area contributed by atoms with E-state index < -0.39 is 10.0 Å². The highest BCUT2D eigenvalue weighted by Gasteiger charge is 2.27. The largest absolute Gasteiger partial charge is 0.355 e. The number of nitrogens with zero attached hydrogens (tertiary/aromatic N) is 1. The Morgan fingerprint density at radius 2 is 1.74 bits per heavy atom. The van der Waals surface area contributed by atoms with Crippen LogP contribution in [-0.2, 0) is 21.4 Å². The van der Waals surface area contributed by atoms with Crippen molar-refractivity contribution in [1.82, 2.24) is 9.62 Å². The number of carbonyl (C=O) groups excluding carboxylic acids is 1. The van der Waals surface area contributed by atoms with Crippen LogP contribution in [0.3, 0.4) is 0 Å². The van der Waals surface area contributed by atoms with Crippen molar-refractivity contribution in [2.75, 3.05) is 13.1 Å². The zero-order valence-electron chi connectivity index (χ0n) is 15.2. The zero-order valence-corrected chi connectivity index (χ0v) is 17.5. The summed E-state index contributed by atoms with van der Waals surface area (Å²) in [4.78, 5) is 12.4. The summed E-state index contributed by atoms with van der Waals surface area (Å²) in [6, 6.07) is 12.8. The molecule has 0 aliphatic rings. The Labute approximate surface area is 170 Å². The smallest absolute Gasteiger partial charge is 0.243 e. The summed E-state index contributed by atoms with van der Waals surface area (Å²) in [6.45, 7) is 4.15. The van der Waals surface area contributed by atoms with Crippen LogP contribution in [0.4, 0.5) is 0 Å². The maximum atomic E-state index is 13.1. The zero-order chi connectivity index (χ0) is 20.0. The quantitative estimate of drug-likeness (QED) is 0.691. The number of nitrogens with one attached hydrogen (secondary N) is 1. The molecular weight excluding hydrogens is 407 g/mol. The van der Waals surface area contributed by atoms with E-state index in [9.17, 15) is 13.2 Å². The second-order valence-electron chi connectivity index (χ2n) is 6.55. The van der Waals surface area contributed by atoms with Crippen molar-refractivity contribution < 1.29 is 13.2 Å². The van der Waals surface area contributed by atoms with Crippen LogP contribution in [0, 0.1) is 5.92 Å². The molecule has 1 N–H and O–H groups in total. The number of benzene rings is 2. The first-order chi connectivity index (χ1) is 12.7. The number of amides is 1. The standard InChI is InChI=1S/C19H22Cl2N2O3S/c1-14(2)11-22-19(24)13-23(12-15-4-3-5-17(21)10-15)27(25,26)18-8-6-16(20)7-9-18/h3-10,14H,11-13H2,1-2H3,(H,22,24). The van der Waals surface area contributed by atoms with Gasteiger partial charge < -0.3 is 5.32 Å². The average molecular weight is 429 g/mol. The Morgan fingerprint density at radius 3 is 2.33 bits per heavy atom. The molecule has 27 heavy (non-hydrogen) atoms. The SMILES string of the molecule is CC(C)CNC(=O)CN(Cc1cccc(Cl)c1)S(=O)(=O)c1ccc(Cl)cc1. The van der Waals surface area contributed by atoms with E-state index in [1.54, 1.807) is 24.3 Å².